The summed E-state index contributed by atoms with van der Waals surface area (Å²) in [5.74, 6) is 1.50. The predicted molar refractivity (Wildman–Crippen MR) is 121 cm³/mol. The number of nitrogens with zero attached hydrogens (tertiary/aromatic N) is 3. The highest BCUT2D eigenvalue weighted by Crippen LogP contribution is 2.35. The van der Waals surface area contributed by atoms with E-state index in [1.54, 1.807) is 0 Å². The van der Waals surface area contributed by atoms with Crippen molar-refractivity contribution in [2.45, 2.75) is 63.6 Å². The van der Waals surface area contributed by atoms with Gasteiger partial charge in [0, 0.05) is 48.9 Å². The molecule has 3 fully saturated rings. The fourth-order valence-corrected chi connectivity index (χ4v) is 5.65. The van der Waals surface area contributed by atoms with Crippen LogP contribution < -0.4 is 16.2 Å². The Labute approximate surface area is 183 Å². The molecule has 31 heavy (non-hydrogen) atoms. The van der Waals surface area contributed by atoms with E-state index in [-0.39, 0.29) is 0 Å². The summed E-state index contributed by atoms with van der Waals surface area (Å²) in [6, 6.07) is 10.0. The lowest BCUT2D eigenvalue weighted by Crippen LogP contribution is -2.37. The van der Waals surface area contributed by atoms with Crippen LogP contribution in [-0.4, -0.2) is 39.1 Å². The van der Waals surface area contributed by atoms with E-state index in [0.29, 0.717) is 18.0 Å². The molecule has 3 heterocycles. The number of aromatic nitrogens is 4. The number of rotatable bonds is 7. The van der Waals surface area contributed by atoms with Gasteiger partial charge in [-0.15, -0.1) is 5.10 Å². The molecule has 0 spiro atoms. The third kappa shape index (κ3) is 4.02. The quantitative estimate of drug-likeness (QED) is 0.473. The number of nitrogens with one attached hydrogen (secondary N) is 4. The molecule has 2 saturated carbocycles. The van der Waals surface area contributed by atoms with Gasteiger partial charge in [-0.2, -0.15) is 0 Å². The van der Waals surface area contributed by atoms with Crippen molar-refractivity contribution >= 4 is 10.9 Å². The maximum Gasteiger partial charge on any atom is 0.0871 e. The summed E-state index contributed by atoms with van der Waals surface area (Å²) in [4.78, 5) is 3.60. The highest BCUT2D eigenvalue weighted by molar-refractivity contribution is 5.81. The van der Waals surface area contributed by atoms with E-state index in [2.05, 4.69) is 66.6 Å². The van der Waals surface area contributed by atoms with Crippen molar-refractivity contribution in [1.29, 1.82) is 0 Å². The molecule has 0 radical (unpaired) electrons. The van der Waals surface area contributed by atoms with Gasteiger partial charge in [-0.25, -0.2) is 4.68 Å². The van der Waals surface area contributed by atoms with E-state index in [0.717, 1.165) is 37.7 Å². The van der Waals surface area contributed by atoms with E-state index in [9.17, 15) is 0 Å². The first-order chi connectivity index (χ1) is 15.3. The Morgan fingerprint density at radius 2 is 2.03 bits per heavy atom. The molecule has 1 saturated heterocycles. The van der Waals surface area contributed by atoms with E-state index in [1.165, 1.54) is 60.7 Å². The van der Waals surface area contributed by atoms with E-state index in [4.69, 9.17) is 0 Å². The Morgan fingerprint density at radius 3 is 2.94 bits per heavy atom. The minimum atomic E-state index is 0.448. The Hall–Kier alpha value is -2.22. The van der Waals surface area contributed by atoms with Crippen LogP contribution in [0.25, 0.3) is 10.9 Å². The Bertz CT molecular complexity index is 1030. The molecular formula is C24H33N7. The second kappa shape index (κ2) is 8.37. The third-order valence-corrected chi connectivity index (χ3v) is 7.65. The second-order valence-electron chi connectivity index (χ2n) is 9.80. The van der Waals surface area contributed by atoms with Gasteiger partial charge in [-0.1, -0.05) is 23.8 Å². The Morgan fingerprint density at radius 1 is 1.10 bits per heavy atom. The summed E-state index contributed by atoms with van der Waals surface area (Å²) in [5.41, 5.74) is 11.6. The van der Waals surface area contributed by atoms with Gasteiger partial charge in [0.15, 0.2) is 0 Å². The van der Waals surface area contributed by atoms with E-state index in [1.807, 2.05) is 0 Å². The average Bonchev–Trinajstić information content (AvgIpc) is 3.48. The lowest BCUT2D eigenvalue weighted by atomic mass is 9.82. The van der Waals surface area contributed by atoms with Gasteiger partial charge in [0.2, 0.25) is 0 Å². The van der Waals surface area contributed by atoms with Crippen LogP contribution in [0.1, 0.15) is 61.5 Å². The number of hydrogen-bond donors (Lipinski definition) is 4. The normalized spacial score (nSPS) is 26.3. The molecule has 3 aromatic rings. The summed E-state index contributed by atoms with van der Waals surface area (Å²) in [6.07, 6.45) is 10.9. The fourth-order valence-electron chi connectivity index (χ4n) is 5.65. The SMILES string of the molecule is c1cc2cc(CNCC3CCC3)[nH]c2cc1Cc1cn(C2CCCC3NNCC32)nn1. The molecule has 2 aromatic heterocycles. The molecule has 0 amide bonds. The molecule has 2 aliphatic carbocycles. The summed E-state index contributed by atoms with van der Waals surface area (Å²) < 4.78 is 2.12. The molecule has 3 aliphatic rings. The molecule has 164 valence electrons. The number of fused-ring (bicyclic) bond motifs is 2. The van der Waals surface area contributed by atoms with Gasteiger partial charge in [0.05, 0.1) is 11.7 Å². The van der Waals surface area contributed by atoms with Gasteiger partial charge in [-0.05, 0) is 67.6 Å². The van der Waals surface area contributed by atoms with Gasteiger partial charge in [0.1, 0.15) is 0 Å². The molecule has 7 heteroatoms. The van der Waals surface area contributed by atoms with E-state index < -0.39 is 0 Å². The minimum Gasteiger partial charge on any atom is -0.357 e. The van der Waals surface area contributed by atoms with Crippen LogP contribution in [0.4, 0.5) is 0 Å². The predicted octanol–water partition coefficient (Wildman–Crippen LogP) is 3.06. The first-order valence-electron chi connectivity index (χ1n) is 12.0. The first-order valence-corrected chi connectivity index (χ1v) is 12.0. The van der Waals surface area contributed by atoms with Crippen molar-refractivity contribution in [3.05, 3.63) is 47.4 Å². The van der Waals surface area contributed by atoms with Crippen molar-refractivity contribution in [1.82, 2.24) is 36.1 Å². The van der Waals surface area contributed by atoms with Gasteiger partial charge in [0.25, 0.3) is 0 Å². The van der Waals surface area contributed by atoms with Crippen molar-refractivity contribution in [2.24, 2.45) is 11.8 Å². The molecule has 3 atom stereocenters. The van der Waals surface area contributed by atoms with Crippen LogP contribution in [0.2, 0.25) is 0 Å². The van der Waals surface area contributed by atoms with Crippen LogP contribution in [-0.2, 0) is 13.0 Å². The maximum absolute atomic E-state index is 4.52. The Balaban J connectivity index is 1.11. The standard InChI is InChI=1S/C24H33N7/c1-3-16(4-1)12-25-13-19-11-18-8-7-17(10-23(18)27-19)9-20-15-31(30-28-20)24-6-2-5-22-21(24)14-26-29-22/h7-8,10-11,15-16,21-22,24-27,29H,1-6,9,12-14H2. The smallest absolute Gasteiger partial charge is 0.0871 e. The molecule has 3 unspecified atom stereocenters. The summed E-state index contributed by atoms with van der Waals surface area (Å²) >= 11 is 0. The van der Waals surface area contributed by atoms with Crippen LogP contribution in [0, 0.1) is 11.8 Å². The second-order valence-corrected chi connectivity index (χ2v) is 9.80. The highest BCUT2D eigenvalue weighted by atomic mass is 15.5. The largest absolute Gasteiger partial charge is 0.357 e. The zero-order valence-electron chi connectivity index (χ0n) is 18.1. The summed E-state index contributed by atoms with van der Waals surface area (Å²) in [7, 11) is 0. The fraction of sp³-hybridized carbons (Fsp3) is 0.583. The van der Waals surface area contributed by atoms with Crippen LogP contribution in [0.5, 0.6) is 0 Å². The third-order valence-electron chi connectivity index (χ3n) is 7.65. The molecule has 1 aromatic carbocycles. The molecule has 4 N–H and O–H groups in total. The number of aromatic amines is 1. The minimum absolute atomic E-state index is 0.448. The number of hydrazine groups is 1. The zero-order valence-corrected chi connectivity index (χ0v) is 18.1. The number of benzene rings is 1. The lowest BCUT2D eigenvalue weighted by Gasteiger charge is -2.32. The monoisotopic (exact) mass is 419 g/mol. The van der Waals surface area contributed by atoms with Crippen molar-refractivity contribution in [2.75, 3.05) is 13.1 Å². The van der Waals surface area contributed by atoms with Gasteiger partial charge < -0.3 is 10.3 Å². The van der Waals surface area contributed by atoms with Gasteiger partial charge in [-0.3, -0.25) is 10.9 Å². The summed E-state index contributed by atoms with van der Waals surface area (Å²) in [6.45, 7) is 3.08. The van der Waals surface area contributed by atoms with Crippen molar-refractivity contribution < 1.29 is 0 Å². The number of H-pyrrole nitrogens is 1. The maximum atomic E-state index is 4.52. The molecule has 6 rings (SSSR count). The topological polar surface area (TPSA) is 82.6 Å². The molecule has 7 nitrogen and oxygen atoms in total. The van der Waals surface area contributed by atoms with E-state index >= 15 is 0 Å². The summed E-state index contributed by atoms with van der Waals surface area (Å²) in [5, 5.41) is 13.9. The molecule has 1 aliphatic heterocycles. The Kier molecular flexibility index (Phi) is 5.26. The zero-order chi connectivity index (χ0) is 20.6. The average molecular weight is 420 g/mol. The van der Waals surface area contributed by atoms with Gasteiger partial charge >= 0.3 is 0 Å². The first kappa shape index (κ1) is 19.5. The van der Waals surface area contributed by atoms with Crippen LogP contribution in [0.3, 0.4) is 0 Å². The molecule has 0 bridgehead atoms. The molecular weight excluding hydrogens is 386 g/mol. The highest BCUT2D eigenvalue weighted by Gasteiger charge is 2.38. The lowest BCUT2D eigenvalue weighted by molar-refractivity contribution is 0.214. The van der Waals surface area contributed by atoms with Crippen LogP contribution >= 0.6 is 0 Å². The van der Waals surface area contributed by atoms with Crippen LogP contribution in [0.15, 0.2) is 30.5 Å². The number of hydrogen-bond acceptors (Lipinski definition) is 5. The van der Waals surface area contributed by atoms with Crippen molar-refractivity contribution in [3.63, 3.8) is 0 Å². The van der Waals surface area contributed by atoms with Crippen molar-refractivity contribution in [3.8, 4) is 0 Å².